The average molecular weight is 395 g/mol. The number of halogens is 2. The van der Waals surface area contributed by atoms with E-state index in [1.807, 2.05) is 12.1 Å². The number of hydrogen-bond acceptors (Lipinski definition) is 3. The Morgan fingerprint density at radius 2 is 1.56 bits per heavy atom. The van der Waals surface area contributed by atoms with Crippen LogP contribution in [-0.4, -0.2) is 20.0 Å². The van der Waals surface area contributed by atoms with Gasteiger partial charge in [0.1, 0.15) is 0 Å². The molecule has 0 saturated heterocycles. The Labute approximate surface area is 157 Å². The number of Topliss-reactive ketones (excluding diaryl/α,β-unsaturated/α-hetero) is 1. The molecule has 0 aromatic heterocycles. The van der Waals surface area contributed by atoms with Crippen molar-refractivity contribution in [2.45, 2.75) is 23.7 Å². The highest BCUT2D eigenvalue weighted by atomic mass is 35.5. The minimum Gasteiger partial charge on any atom is -0.294 e. The van der Waals surface area contributed by atoms with Crippen LogP contribution in [0.25, 0.3) is 0 Å². The van der Waals surface area contributed by atoms with Crippen LogP contribution in [0.15, 0.2) is 70.1 Å². The molecule has 0 N–H and O–H groups in total. The molecule has 2 aromatic rings. The third-order valence-corrected chi connectivity index (χ3v) is 6.59. The van der Waals surface area contributed by atoms with E-state index >= 15 is 0 Å². The fourth-order valence-corrected chi connectivity index (χ4v) is 4.96. The average Bonchev–Trinajstić information content (AvgIpc) is 2.59. The number of benzene rings is 2. The number of allylic oxidation sites excluding steroid dienone is 1. The molecular weight excluding hydrogens is 379 g/mol. The lowest BCUT2D eigenvalue weighted by Gasteiger charge is -2.24. The molecule has 0 aliphatic heterocycles. The van der Waals surface area contributed by atoms with Crippen molar-refractivity contribution < 1.29 is 13.2 Å². The van der Waals surface area contributed by atoms with Crippen LogP contribution in [0, 0.1) is 0 Å². The first kappa shape index (κ1) is 18.2. The van der Waals surface area contributed by atoms with Gasteiger partial charge in [0.25, 0.3) is 0 Å². The van der Waals surface area contributed by atoms with Gasteiger partial charge in [-0.05, 0) is 42.2 Å². The topological polar surface area (TPSA) is 51.2 Å². The highest BCUT2D eigenvalue weighted by Gasteiger charge is 2.31. The molecule has 0 saturated carbocycles. The van der Waals surface area contributed by atoms with Crippen molar-refractivity contribution in [2.24, 2.45) is 0 Å². The summed E-state index contributed by atoms with van der Waals surface area (Å²) in [5, 5.41) is 0.956. The Morgan fingerprint density at radius 1 is 0.920 bits per heavy atom. The predicted molar refractivity (Wildman–Crippen MR) is 99.8 cm³/mol. The maximum Gasteiger partial charge on any atom is 0.182 e. The van der Waals surface area contributed by atoms with E-state index in [0.717, 1.165) is 5.56 Å². The summed E-state index contributed by atoms with van der Waals surface area (Å²) in [6.45, 7) is 0. The molecule has 0 unspecified atom stereocenters. The number of sulfone groups is 1. The van der Waals surface area contributed by atoms with Crippen LogP contribution in [-0.2, 0) is 14.6 Å². The molecular formula is C19H16Cl2O3S. The first-order valence-corrected chi connectivity index (χ1v) is 10.2. The fraction of sp³-hybridized carbons (Fsp3) is 0.211. The molecule has 0 bridgehead atoms. The maximum atomic E-state index is 12.5. The van der Waals surface area contributed by atoms with E-state index in [0.29, 0.717) is 16.5 Å². The highest BCUT2D eigenvalue weighted by molar-refractivity contribution is 7.91. The van der Waals surface area contributed by atoms with Gasteiger partial charge in [-0.25, -0.2) is 8.42 Å². The Morgan fingerprint density at radius 3 is 2.16 bits per heavy atom. The van der Waals surface area contributed by atoms with Gasteiger partial charge in [0.2, 0.25) is 0 Å². The molecule has 0 radical (unpaired) electrons. The SMILES string of the molecule is O=C1C[C@H](c2ccc(Cl)cc2)CC(Cl)=C1CS(=O)(=O)c1ccccc1. The second kappa shape index (κ2) is 7.32. The van der Waals surface area contributed by atoms with Gasteiger partial charge in [-0.15, -0.1) is 0 Å². The van der Waals surface area contributed by atoms with Crippen LogP contribution < -0.4 is 0 Å². The van der Waals surface area contributed by atoms with Crippen LogP contribution in [0.2, 0.25) is 5.02 Å². The Bertz CT molecular complexity index is 917. The molecule has 2 aromatic carbocycles. The number of hydrogen-bond donors (Lipinski definition) is 0. The van der Waals surface area contributed by atoms with Crippen molar-refractivity contribution >= 4 is 38.8 Å². The van der Waals surface area contributed by atoms with Crippen LogP contribution in [0.3, 0.4) is 0 Å². The normalized spacial score (nSPS) is 18.5. The van der Waals surface area contributed by atoms with Gasteiger partial charge in [0, 0.05) is 22.0 Å². The Kier molecular flexibility index (Phi) is 5.32. The van der Waals surface area contributed by atoms with E-state index in [1.54, 1.807) is 30.3 Å². The first-order chi connectivity index (χ1) is 11.9. The quantitative estimate of drug-likeness (QED) is 0.751. The molecule has 1 atom stereocenters. The van der Waals surface area contributed by atoms with Crippen molar-refractivity contribution in [1.82, 2.24) is 0 Å². The van der Waals surface area contributed by atoms with Crippen LogP contribution >= 0.6 is 23.2 Å². The molecule has 25 heavy (non-hydrogen) atoms. The molecule has 0 amide bonds. The monoisotopic (exact) mass is 394 g/mol. The summed E-state index contributed by atoms with van der Waals surface area (Å²) in [5.41, 5.74) is 1.18. The molecule has 1 aliphatic rings. The minimum atomic E-state index is -3.59. The summed E-state index contributed by atoms with van der Waals surface area (Å²) < 4.78 is 25.0. The second-order valence-corrected chi connectivity index (χ2v) is 8.92. The smallest absolute Gasteiger partial charge is 0.182 e. The summed E-state index contributed by atoms with van der Waals surface area (Å²) in [4.78, 5) is 12.7. The molecule has 6 heteroatoms. The maximum absolute atomic E-state index is 12.5. The zero-order valence-corrected chi connectivity index (χ0v) is 15.6. The summed E-state index contributed by atoms with van der Waals surface area (Å²) in [7, 11) is -3.59. The lowest BCUT2D eigenvalue weighted by Crippen LogP contribution is -2.22. The number of rotatable bonds is 4. The summed E-state index contributed by atoms with van der Waals surface area (Å²) in [5.74, 6) is -0.627. The largest absolute Gasteiger partial charge is 0.294 e. The molecule has 3 nitrogen and oxygen atoms in total. The van der Waals surface area contributed by atoms with Gasteiger partial charge >= 0.3 is 0 Å². The molecule has 1 aliphatic carbocycles. The highest BCUT2D eigenvalue weighted by Crippen LogP contribution is 2.37. The van der Waals surface area contributed by atoms with E-state index in [-0.39, 0.29) is 34.3 Å². The molecule has 130 valence electrons. The van der Waals surface area contributed by atoms with Crippen molar-refractivity contribution in [3.05, 3.63) is 75.8 Å². The van der Waals surface area contributed by atoms with Crippen molar-refractivity contribution in [3.8, 4) is 0 Å². The Balaban J connectivity index is 1.84. The van der Waals surface area contributed by atoms with Gasteiger partial charge in [0.15, 0.2) is 15.6 Å². The van der Waals surface area contributed by atoms with Crippen LogP contribution in [0.5, 0.6) is 0 Å². The van der Waals surface area contributed by atoms with E-state index in [1.165, 1.54) is 12.1 Å². The van der Waals surface area contributed by atoms with E-state index in [9.17, 15) is 13.2 Å². The zero-order chi connectivity index (χ0) is 18.0. The second-order valence-electron chi connectivity index (χ2n) is 6.04. The number of carbonyl (C=O) groups is 1. The molecule has 3 rings (SSSR count). The summed E-state index contributed by atoms with van der Waals surface area (Å²) in [6.07, 6.45) is 0.700. The molecule has 0 spiro atoms. The predicted octanol–water partition coefficient (Wildman–Crippen LogP) is 4.75. The van der Waals surface area contributed by atoms with E-state index in [4.69, 9.17) is 23.2 Å². The van der Waals surface area contributed by atoms with Crippen molar-refractivity contribution in [2.75, 3.05) is 5.75 Å². The van der Waals surface area contributed by atoms with Gasteiger partial charge in [-0.2, -0.15) is 0 Å². The lowest BCUT2D eigenvalue weighted by atomic mass is 9.84. The third-order valence-electron chi connectivity index (χ3n) is 4.30. The minimum absolute atomic E-state index is 0.0551. The fourth-order valence-electron chi connectivity index (χ4n) is 2.94. The summed E-state index contributed by atoms with van der Waals surface area (Å²) >= 11 is 12.2. The molecule has 0 fully saturated rings. The van der Waals surface area contributed by atoms with Gasteiger partial charge in [-0.1, -0.05) is 53.5 Å². The first-order valence-electron chi connectivity index (χ1n) is 7.81. The van der Waals surface area contributed by atoms with Crippen molar-refractivity contribution in [3.63, 3.8) is 0 Å². The van der Waals surface area contributed by atoms with Gasteiger partial charge in [-0.3, -0.25) is 4.79 Å². The standard InChI is InChI=1S/C19H16Cl2O3S/c20-15-8-6-13(7-9-15)14-10-18(21)17(19(22)11-14)12-25(23,24)16-4-2-1-3-5-16/h1-9,14H,10-12H2/t14-/m1/s1. The lowest BCUT2D eigenvalue weighted by molar-refractivity contribution is -0.116. The van der Waals surface area contributed by atoms with Gasteiger partial charge in [0.05, 0.1) is 10.6 Å². The van der Waals surface area contributed by atoms with Crippen LogP contribution in [0.1, 0.15) is 24.3 Å². The van der Waals surface area contributed by atoms with Crippen LogP contribution in [0.4, 0.5) is 0 Å². The van der Waals surface area contributed by atoms with Crippen molar-refractivity contribution in [1.29, 1.82) is 0 Å². The van der Waals surface area contributed by atoms with Gasteiger partial charge < -0.3 is 0 Å². The molecule has 0 heterocycles. The zero-order valence-electron chi connectivity index (χ0n) is 13.3. The Hall–Kier alpha value is -1.62. The number of carbonyl (C=O) groups excluding carboxylic acids is 1. The summed E-state index contributed by atoms with van der Waals surface area (Å²) in [6, 6.07) is 15.4. The third kappa shape index (κ3) is 4.14. The van der Waals surface area contributed by atoms with E-state index in [2.05, 4.69) is 0 Å². The van der Waals surface area contributed by atoms with E-state index < -0.39 is 9.84 Å². The number of ketones is 1.